The zero-order chi connectivity index (χ0) is 13.9. The van der Waals surface area contributed by atoms with Crippen LogP contribution in [0.25, 0.3) is 0 Å². The fourth-order valence-electron chi connectivity index (χ4n) is 3.67. The number of aryl methyl sites for hydroxylation is 1. The molecule has 2 aliphatic rings. The monoisotopic (exact) mass is 275 g/mol. The van der Waals surface area contributed by atoms with Crippen LogP contribution in [-0.2, 0) is 6.42 Å². The Labute approximate surface area is 121 Å². The van der Waals surface area contributed by atoms with Crippen molar-refractivity contribution in [2.75, 3.05) is 6.54 Å². The number of benzene rings is 1. The lowest BCUT2D eigenvalue weighted by Crippen LogP contribution is -2.32. The molecule has 0 amide bonds. The van der Waals surface area contributed by atoms with E-state index in [-0.39, 0.29) is 6.10 Å². The standard InChI is InChI=1S/C17H25NO2/c19-14-6-4-12(5-7-14)11-18-17-3-1-2-13-10-15(20)8-9-16(13)17/h8-10,12,14,17-20H,1-7,11H2. The van der Waals surface area contributed by atoms with Crippen LogP contribution in [0.1, 0.15) is 55.7 Å². The summed E-state index contributed by atoms with van der Waals surface area (Å²) < 4.78 is 0. The van der Waals surface area contributed by atoms with Crippen molar-refractivity contribution in [2.45, 2.75) is 57.1 Å². The van der Waals surface area contributed by atoms with E-state index < -0.39 is 0 Å². The maximum absolute atomic E-state index is 9.59. The molecule has 3 heteroatoms. The fourth-order valence-corrected chi connectivity index (χ4v) is 3.67. The molecule has 0 bridgehead atoms. The number of aromatic hydroxyl groups is 1. The smallest absolute Gasteiger partial charge is 0.115 e. The first-order valence-electron chi connectivity index (χ1n) is 7.95. The fraction of sp³-hybridized carbons (Fsp3) is 0.647. The number of aliphatic hydroxyl groups excluding tert-OH is 1. The van der Waals surface area contributed by atoms with Crippen LogP contribution in [0.5, 0.6) is 5.75 Å². The summed E-state index contributed by atoms with van der Waals surface area (Å²) in [4.78, 5) is 0. The number of hydrogen-bond acceptors (Lipinski definition) is 3. The molecule has 20 heavy (non-hydrogen) atoms. The topological polar surface area (TPSA) is 52.5 Å². The number of nitrogens with one attached hydrogen (secondary N) is 1. The summed E-state index contributed by atoms with van der Waals surface area (Å²) in [7, 11) is 0. The third kappa shape index (κ3) is 3.15. The summed E-state index contributed by atoms with van der Waals surface area (Å²) in [5.41, 5.74) is 2.66. The largest absolute Gasteiger partial charge is 0.508 e. The van der Waals surface area contributed by atoms with Crippen LogP contribution in [0, 0.1) is 5.92 Å². The van der Waals surface area contributed by atoms with Gasteiger partial charge in [0.1, 0.15) is 5.75 Å². The Balaban J connectivity index is 1.59. The lowest BCUT2D eigenvalue weighted by molar-refractivity contribution is 0.107. The van der Waals surface area contributed by atoms with E-state index in [4.69, 9.17) is 0 Å². The third-order valence-corrected chi connectivity index (χ3v) is 4.91. The Bertz CT molecular complexity index is 452. The number of phenols is 1. The summed E-state index contributed by atoms with van der Waals surface area (Å²) in [5, 5.41) is 22.9. The molecule has 3 nitrogen and oxygen atoms in total. The van der Waals surface area contributed by atoms with E-state index in [1.165, 1.54) is 24.0 Å². The molecule has 2 aliphatic carbocycles. The van der Waals surface area contributed by atoms with Crippen molar-refractivity contribution in [3.8, 4) is 5.75 Å². The molecule has 0 saturated heterocycles. The molecule has 1 unspecified atom stereocenters. The highest BCUT2D eigenvalue weighted by molar-refractivity contribution is 5.38. The molecule has 0 aliphatic heterocycles. The molecule has 1 atom stereocenters. The van der Waals surface area contributed by atoms with Crippen LogP contribution >= 0.6 is 0 Å². The number of hydrogen-bond donors (Lipinski definition) is 3. The highest BCUT2D eigenvalue weighted by Crippen LogP contribution is 2.32. The van der Waals surface area contributed by atoms with Crippen molar-refractivity contribution in [1.29, 1.82) is 0 Å². The van der Waals surface area contributed by atoms with Gasteiger partial charge in [-0.05, 0) is 80.7 Å². The molecule has 0 aromatic heterocycles. The van der Waals surface area contributed by atoms with Crippen LogP contribution < -0.4 is 5.32 Å². The van der Waals surface area contributed by atoms with Crippen LogP contribution in [0.3, 0.4) is 0 Å². The van der Waals surface area contributed by atoms with Crippen molar-refractivity contribution >= 4 is 0 Å². The van der Waals surface area contributed by atoms with Crippen molar-refractivity contribution in [3.63, 3.8) is 0 Å². The van der Waals surface area contributed by atoms with Gasteiger partial charge in [-0.25, -0.2) is 0 Å². The molecule has 110 valence electrons. The molecule has 1 aromatic rings. The predicted octanol–water partition coefficient (Wildman–Crippen LogP) is 2.91. The van der Waals surface area contributed by atoms with E-state index in [0.29, 0.717) is 17.7 Å². The Morgan fingerprint density at radius 2 is 1.90 bits per heavy atom. The second-order valence-corrected chi connectivity index (χ2v) is 6.41. The van der Waals surface area contributed by atoms with Gasteiger partial charge in [0.15, 0.2) is 0 Å². The van der Waals surface area contributed by atoms with Gasteiger partial charge >= 0.3 is 0 Å². The van der Waals surface area contributed by atoms with Crippen molar-refractivity contribution in [2.24, 2.45) is 5.92 Å². The van der Waals surface area contributed by atoms with E-state index >= 15 is 0 Å². The zero-order valence-electron chi connectivity index (χ0n) is 12.0. The minimum atomic E-state index is -0.0652. The summed E-state index contributed by atoms with van der Waals surface area (Å²) >= 11 is 0. The second kappa shape index (κ2) is 6.15. The molecular formula is C17H25NO2. The Morgan fingerprint density at radius 1 is 1.10 bits per heavy atom. The molecule has 1 aromatic carbocycles. The first-order chi connectivity index (χ1) is 9.72. The molecular weight excluding hydrogens is 250 g/mol. The van der Waals surface area contributed by atoms with E-state index in [2.05, 4.69) is 11.4 Å². The minimum Gasteiger partial charge on any atom is -0.508 e. The lowest BCUT2D eigenvalue weighted by atomic mass is 9.85. The van der Waals surface area contributed by atoms with Crippen LogP contribution in [0.15, 0.2) is 18.2 Å². The second-order valence-electron chi connectivity index (χ2n) is 6.41. The van der Waals surface area contributed by atoms with Crippen molar-refractivity contribution in [3.05, 3.63) is 29.3 Å². The number of phenolic OH excluding ortho intramolecular Hbond substituents is 1. The van der Waals surface area contributed by atoms with Crippen LogP contribution in [-0.4, -0.2) is 22.9 Å². The third-order valence-electron chi connectivity index (χ3n) is 4.91. The summed E-state index contributed by atoms with van der Waals surface area (Å²) in [6.45, 7) is 1.05. The molecule has 0 heterocycles. The Morgan fingerprint density at radius 3 is 2.70 bits per heavy atom. The van der Waals surface area contributed by atoms with Gasteiger partial charge in [0.25, 0.3) is 0 Å². The average molecular weight is 275 g/mol. The van der Waals surface area contributed by atoms with Gasteiger partial charge in [-0.2, -0.15) is 0 Å². The lowest BCUT2D eigenvalue weighted by Gasteiger charge is -2.30. The Hall–Kier alpha value is -1.06. The van der Waals surface area contributed by atoms with Gasteiger partial charge in [0.05, 0.1) is 6.10 Å². The predicted molar refractivity (Wildman–Crippen MR) is 79.8 cm³/mol. The van der Waals surface area contributed by atoms with Gasteiger partial charge < -0.3 is 15.5 Å². The summed E-state index contributed by atoms with van der Waals surface area (Å²) in [6.07, 6.45) is 7.60. The van der Waals surface area contributed by atoms with Gasteiger partial charge in [-0.15, -0.1) is 0 Å². The maximum Gasteiger partial charge on any atom is 0.115 e. The van der Waals surface area contributed by atoms with Crippen LogP contribution in [0.4, 0.5) is 0 Å². The molecule has 3 rings (SSSR count). The van der Waals surface area contributed by atoms with E-state index in [1.807, 2.05) is 6.07 Å². The maximum atomic E-state index is 9.59. The van der Waals surface area contributed by atoms with E-state index in [1.54, 1.807) is 6.07 Å². The van der Waals surface area contributed by atoms with Gasteiger partial charge in [-0.1, -0.05) is 6.07 Å². The Kier molecular flexibility index (Phi) is 4.27. The first-order valence-corrected chi connectivity index (χ1v) is 7.95. The van der Waals surface area contributed by atoms with E-state index in [0.717, 1.165) is 38.6 Å². The molecule has 0 radical (unpaired) electrons. The quantitative estimate of drug-likeness (QED) is 0.795. The minimum absolute atomic E-state index is 0.0652. The van der Waals surface area contributed by atoms with Crippen LogP contribution in [0.2, 0.25) is 0 Å². The zero-order valence-corrected chi connectivity index (χ0v) is 12.0. The normalized spacial score (nSPS) is 29.9. The number of fused-ring (bicyclic) bond motifs is 1. The summed E-state index contributed by atoms with van der Waals surface area (Å²) in [6, 6.07) is 6.23. The van der Waals surface area contributed by atoms with Crippen molar-refractivity contribution in [1.82, 2.24) is 5.32 Å². The number of rotatable bonds is 3. The molecule has 3 N–H and O–H groups in total. The highest BCUT2D eigenvalue weighted by Gasteiger charge is 2.23. The average Bonchev–Trinajstić information content (AvgIpc) is 2.46. The van der Waals surface area contributed by atoms with Gasteiger partial charge in [0.2, 0.25) is 0 Å². The van der Waals surface area contributed by atoms with Gasteiger partial charge in [0, 0.05) is 6.04 Å². The SMILES string of the molecule is Oc1ccc2c(c1)CCCC2NCC1CCC(O)CC1. The van der Waals surface area contributed by atoms with Crippen molar-refractivity contribution < 1.29 is 10.2 Å². The molecule has 0 spiro atoms. The highest BCUT2D eigenvalue weighted by atomic mass is 16.3. The molecule has 1 saturated carbocycles. The van der Waals surface area contributed by atoms with Gasteiger partial charge in [-0.3, -0.25) is 0 Å². The number of aliphatic hydroxyl groups is 1. The molecule has 1 fully saturated rings. The van der Waals surface area contributed by atoms with E-state index in [9.17, 15) is 10.2 Å². The summed E-state index contributed by atoms with van der Waals surface area (Å²) in [5.74, 6) is 1.09. The first kappa shape index (κ1) is 13.9.